The van der Waals surface area contributed by atoms with E-state index in [0.717, 1.165) is 6.54 Å². The number of carbonyl (C=O) groups excluding carboxylic acids is 1. The first kappa shape index (κ1) is 15.1. The molecule has 1 aromatic rings. The van der Waals surface area contributed by atoms with Crippen molar-refractivity contribution in [3.05, 3.63) is 22.2 Å². The predicted octanol–water partition coefficient (Wildman–Crippen LogP) is 3.03. The quantitative estimate of drug-likeness (QED) is 0.731. The van der Waals surface area contributed by atoms with E-state index in [9.17, 15) is 9.90 Å². The van der Waals surface area contributed by atoms with Crippen molar-refractivity contribution in [3.63, 3.8) is 0 Å². The average Bonchev–Trinajstić information content (AvgIpc) is 2.25. The van der Waals surface area contributed by atoms with Gasteiger partial charge in [-0.2, -0.15) is 0 Å². The number of nitrogens with one attached hydrogen (secondary N) is 2. The summed E-state index contributed by atoms with van der Waals surface area (Å²) in [5.41, 5.74) is 0.469. The van der Waals surface area contributed by atoms with E-state index in [0.29, 0.717) is 12.1 Å². The van der Waals surface area contributed by atoms with E-state index in [1.165, 1.54) is 12.1 Å². The average molecular weight is 291 g/mol. The van der Waals surface area contributed by atoms with Crippen LogP contribution in [0.3, 0.4) is 0 Å². The molecule has 0 bridgehead atoms. The Labute approximate surface area is 116 Å². The van der Waals surface area contributed by atoms with Gasteiger partial charge >= 0.3 is 0 Å². The maximum absolute atomic E-state index is 11.7. The van der Waals surface area contributed by atoms with Gasteiger partial charge in [-0.3, -0.25) is 4.79 Å². The Morgan fingerprint density at radius 1 is 1.39 bits per heavy atom. The van der Waals surface area contributed by atoms with Crippen LogP contribution in [0.2, 0.25) is 10.0 Å². The normalized spacial score (nSPS) is 12.2. The Morgan fingerprint density at radius 3 is 2.44 bits per heavy atom. The molecule has 1 rings (SSSR count). The lowest BCUT2D eigenvalue weighted by atomic mass is 10.2. The number of anilines is 1. The van der Waals surface area contributed by atoms with Gasteiger partial charge in [-0.15, -0.1) is 0 Å². The van der Waals surface area contributed by atoms with Gasteiger partial charge in [0.15, 0.2) is 5.75 Å². The lowest BCUT2D eigenvalue weighted by Gasteiger charge is -2.12. The predicted molar refractivity (Wildman–Crippen MR) is 74.5 cm³/mol. The van der Waals surface area contributed by atoms with Crippen molar-refractivity contribution < 1.29 is 9.90 Å². The first-order valence-electron chi connectivity index (χ1n) is 5.65. The van der Waals surface area contributed by atoms with Crippen molar-refractivity contribution in [2.24, 2.45) is 0 Å². The van der Waals surface area contributed by atoms with Crippen LogP contribution in [-0.4, -0.2) is 23.6 Å². The molecule has 0 aromatic heterocycles. The number of halogens is 2. The third-order valence-electron chi connectivity index (χ3n) is 2.34. The molecule has 6 heteroatoms. The summed E-state index contributed by atoms with van der Waals surface area (Å²) in [6, 6.07) is 3.01. The fraction of sp³-hybridized carbons (Fsp3) is 0.417. The Hall–Kier alpha value is -0.970. The van der Waals surface area contributed by atoms with Crippen molar-refractivity contribution in [2.75, 3.05) is 11.9 Å². The summed E-state index contributed by atoms with van der Waals surface area (Å²) >= 11 is 11.5. The number of benzene rings is 1. The second kappa shape index (κ2) is 6.83. The molecule has 100 valence electrons. The Kier molecular flexibility index (Phi) is 5.72. The molecule has 0 spiro atoms. The molecule has 4 nitrogen and oxygen atoms in total. The minimum absolute atomic E-state index is 0.0954. The van der Waals surface area contributed by atoms with Gasteiger partial charge in [-0.1, -0.05) is 30.1 Å². The van der Waals surface area contributed by atoms with Crippen molar-refractivity contribution in [1.29, 1.82) is 0 Å². The standard InChI is InChI=1S/C12H16Cl2N2O2/c1-3-15-7(2)4-11(17)16-8-5-9(13)12(18)10(14)6-8/h5-7,15,18H,3-4H2,1-2H3,(H,16,17). The highest BCUT2D eigenvalue weighted by molar-refractivity contribution is 6.37. The number of hydrogen-bond donors (Lipinski definition) is 3. The van der Waals surface area contributed by atoms with Crippen LogP contribution in [-0.2, 0) is 4.79 Å². The zero-order chi connectivity index (χ0) is 13.7. The van der Waals surface area contributed by atoms with E-state index in [1.807, 2.05) is 13.8 Å². The molecule has 0 fully saturated rings. The summed E-state index contributed by atoms with van der Waals surface area (Å²) in [7, 11) is 0. The molecule has 1 unspecified atom stereocenters. The highest BCUT2D eigenvalue weighted by Gasteiger charge is 2.11. The SMILES string of the molecule is CCNC(C)CC(=O)Nc1cc(Cl)c(O)c(Cl)c1. The maximum atomic E-state index is 11.7. The number of amides is 1. The molecule has 1 aromatic carbocycles. The Bertz CT molecular complexity index is 415. The van der Waals surface area contributed by atoms with Gasteiger partial charge in [-0.05, 0) is 25.6 Å². The number of phenols is 1. The summed E-state index contributed by atoms with van der Waals surface area (Å²) in [6.07, 6.45) is 0.351. The van der Waals surface area contributed by atoms with E-state index in [2.05, 4.69) is 10.6 Å². The minimum Gasteiger partial charge on any atom is -0.505 e. The molecule has 1 amide bonds. The second-order valence-electron chi connectivity index (χ2n) is 4.00. The molecule has 0 radical (unpaired) electrons. The van der Waals surface area contributed by atoms with E-state index >= 15 is 0 Å². The van der Waals surface area contributed by atoms with E-state index in [4.69, 9.17) is 23.2 Å². The second-order valence-corrected chi connectivity index (χ2v) is 4.81. The van der Waals surface area contributed by atoms with Crippen molar-refractivity contribution in [3.8, 4) is 5.75 Å². The smallest absolute Gasteiger partial charge is 0.225 e. The van der Waals surface area contributed by atoms with E-state index in [1.54, 1.807) is 0 Å². The fourth-order valence-corrected chi connectivity index (χ4v) is 2.04. The van der Waals surface area contributed by atoms with Crippen LogP contribution >= 0.6 is 23.2 Å². The molecule has 0 aliphatic heterocycles. The van der Waals surface area contributed by atoms with E-state index < -0.39 is 0 Å². The number of phenolic OH excluding ortho intramolecular Hbond substituents is 1. The van der Waals surface area contributed by atoms with Gasteiger partial charge in [0.25, 0.3) is 0 Å². The third-order valence-corrected chi connectivity index (χ3v) is 2.92. The van der Waals surface area contributed by atoms with E-state index in [-0.39, 0.29) is 27.7 Å². The van der Waals surface area contributed by atoms with Crippen LogP contribution in [0, 0.1) is 0 Å². The Balaban J connectivity index is 2.65. The van der Waals surface area contributed by atoms with Crippen molar-refractivity contribution in [1.82, 2.24) is 5.32 Å². The first-order chi connectivity index (χ1) is 8.43. The van der Waals surface area contributed by atoms with Gasteiger partial charge in [-0.25, -0.2) is 0 Å². The molecule has 0 aliphatic rings. The van der Waals surface area contributed by atoms with Gasteiger partial charge in [0.2, 0.25) is 5.91 Å². The first-order valence-corrected chi connectivity index (χ1v) is 6.40. The lowest BCUT2D eigenvalue weighted by molar-refractivity contribution is -0.116. The van der Waals surface area contributed by atoms with Gasteiger partial charge in [0.05, 0.1) is 10.0 Å². The molecule has 0 heterocycles. The summed E-state index contributed by atoms with van der Waals surface area (Å²) in [6.45, 7) is 4.72. The number of carbonyl (C=O) groups is 1. The lowest BCUT2D eigenvalue weighted by Crippen LogP contribution is -2.30. The summed E-state index contributed by atoms with van der Waals surface area (Å²) in [5.74, 6) is -0.321. The monoisotopic (exact) mass is 290 g/mol. The van der Waals surface area contributed by atoms with Gasteiger partial charge in [0, 0.05) is 18.2 Å². The topological polar surface area (TPSA) is 61.4 Å². The number of hydrogen-bond acceptors (Lipinski definition) is 3. The molecular formula is C12H16Cl2N2O2. The van der Waals surface area contributed by atoms with Gasteiger partial charge < -0.3 is 15.7 Å². The zero-order valence-corrected chi connectivity index (χ0v) is 11.8. The van der Waals surface area contributed by atoms with Crippen LogP contribution in [0.1, 0.15) is 20.3 Å². The molecular weight excluding hydrogens is 275 g/mol. The molecule has 0 aliphatic carbocycles. The van der Waals surface area contributed by atoms with Crippen LogP contribution in [0.25, 0.3) is 0 Å². The molecule has 1 atom stereocenters. The summed E-state index contributed by atoms with van der Waals surface area (Å²) in [4.78, 5) is 11.7. The zero-order valence-electron chi connectivity index (χ0n) is 10.3. The summed E-state index contributed by atoms with van der Waals surface area (Å²) < 4.78 is 0. The van der Waals surface area contributed by atoms with Crippen LogP contribution in [0.4, 0.5) is 5.69 Å². The molecule has 0 saturated heterocycles. The third kappa shape index (κ3) is 4.37. The van der Waals surface area contributed by atoms with Gasteiger partial charge in [0.1, 0.15) is 0 Å². The summed E-state index contributed by atoms with van der Waals surface area (Å²) in [5, 5.41) is 15.4. The number of aromatic hydroxyl groups is 1. The van der Waals surface area contributed by atoms with Crippen molar-refractivity contribution in [2.45, 2.75) is 26.3 Å². The molecule has 18 heavy (non-hydrogen) atoms. The molecule has 0 saturated carbocycles. The number of rotatable bonds is 5. The maximum Gasteiger partial charge on any atom is 0.225 e. The van der Waals surface area contributed by atoms with Crippen molar-refractivity contribution >= 4 is 34.8 Å². The van der Waals surface area contributed by atoms with Crippen LogP contribution in [0.15, 0.2) is 12.1 Å². The minimum atomic E-state index is -0.183. The largest absolute Gasteiger partial charge is 0.505 e. The van der Waals surface area contributed by atoms with Crippen LogP contribution in [0.5, 0.6) is 5.75 Å². The highest BCUT2D eigenvalue weighted by atomic mass is 35.5. The highest BCUT2D eigenvalue weighted by Crippen LogP contribution is 2.34. The fourth-order valence-electron chi connectivity index (χ4n) is 1.55. The Morgan fingerprint density at radius 2 is 1.94 bits per heavy atom. The van der Waals surface area contributed by atoms with Crippen LogP contribution < -0.4 is 10.6 Å². The molecule has 3 N–H and O–H groups in total.